The minimum absolute atomic E-state index is 1.37. The van der Waals surface area contributed by atoms with Crippen molar-refractivity contribution in [2.45, 2.75) is 323 Å². The number of hydrogen-bond acceptors (Lipinski definition) is 1. The van der Waals surface area contributed by atoms with Gasteiger partial charge in [0, 0.05) is 0 Å². The molecule has 0 aromatic rings. The SMILES string of the molecule is CCCCCCCCCCCCCCCCCCN(CCCCCCCCCCCCCCCCC)CCCCCCCCCCCCCCCCCC. The van der Waals surface area contributed by atoms with Crippen molar-refractivity contribution in [2.75, 3.05) is 19.6 Å². The molecule has 0 aliphatic carbocycles. The van der Waals surface area contributed by atoms with E-state index in [1.807, 2.05) is 0 Å². The third-order valence-corrected chi connectivity index (χ3v) is 12.7. The summed E-state index contributed by atoms with van der Waals surface area (Å²) < 4.78 is 0. The normalized spacial score (nSPS) is 11.8. The van der Waals surface area contributed by atoms with E-state index in [2.05, 4.69) is 25.7 Å². The lowest BCUT2D eigenvalue weighted by molar-refractivity contribution is 0.254. The Morgan fingerprint density at radius 2 is 0.259 bits per heavy atom. The minimum atomic E-state index is 1.37. The highest BCUT2D eigenvalue weighted by Crippen LogP contribution is 2.17. The Labute approximate surface area is 345 Å². The summed E-state index contributed by atoms with van der Waals surface area (Å²) in [5.41, 5.74) is 0. The van der Waals surface area contributed by atoms with E-state index in [0.29, 0.717) is 0 Å². The van der Waals surface area contributed by atoms with Gasteiger partial charge in [-0.1, -0.05) is 303 Å². The van der Waals surface area contributed by atoms with Gasteiger partial charge in [-0.05, 0) is 38.9 Å². The van der Waals surface area contributed by atoms with Gasteiger partial charge in [-0.15, -0.1) is 0 Å². The van der Waals surface area contributed by atoms with E-state index in [1.165, 1.54) is 321 Å². The Morgan fingerprint density at radius 3 is 0.389 bits per heavy atom. The average molecular weight is 760 g/mol. The monoisotopic (exact) mass is 760 g/mol. The lowest BCUT2D eigenvalue weighted by atomic mass is 10.0. The molecule has 0 heterocycles. The Balaban J connectivity index is 3.94. The van der Waals surface area contributed by atoms with Gasteiger partial charge in [-0.2, -0.15) is 0 Å². The molecule has 1 nitrogen and oxygen atoms in total. The lowest BCUT2D eigenvalue weighted by Gasteiger charge is -2.22. The number of nitrogens with zero attached hydrogens (tertiary/aromatic N) is 1. The van der Waals surface area contributed by atoms with Crippen molar-refractivity contribution in [3.63, 3.8) is 0 Å². The van der Waals surface area contributed by atoms with Crippen LogP contribution in [0, 0.1) is 0 Å². The van der Waals surface area contributed by atoms with Gasteiger partial charge in [-0.3, -0.25) is 0 Å². The fraction of sp³-hybridized carbons (Fsp3) is 1.00. The highest BCUT2D eigenvalue weighted by molar-refractivity contribution is 4.61. The van der Waals surface area contributed by atoms with Crippen molar-refractivity contribution in [3.8, 4) is 0 Å². The molecule has 0 aromatic heterocycles. The summed E-state index contributed by atoms with van der Waals surface area (Å²) >= 11 is 0. The van der Waals surface area contributed by atoms with Crippen LogP contribution in [0.25, 0.3) is 0 Å². The Kier molecular flexibility index (Phi) is 50.9. The van der Waals surface area contributed by atoms with E-state index in [0.717, 1.165) is 0 Å². The van der Waals surface area contributed by atoms with Crippen LogP contribution in [0.15, 0.2) is 0 Å². The topological polar surface area (TPSA) is 3.24 Å². The first-order valence-corrected chi connectivity index (χ1v) is 26.6. The fourth-order valence-corrected chi connectivity index (χ4v) is 8.81. The van der Waals surface area contributed by atoms with E-state index in [9.17, 15) is 0 Å². The summed E-state index contributed by atoms with van der Waals surface area (Å²) in [6.45, 7) is 11.1. The molecule has 0 aromatic carbocycles. The quantitative estimate of drug-likeness (QED) is 0.0558. The maximum absolute atomic E-state index is 2.88. The van der Waals surface area contributed by atoms with Gasteiger partial charge in [-0.25, -0.2) is 0 Å². The third kappa shape index (κ3) is 48.1. The van der Waals surface area contributed by atoms with Crippen molar-refractivity contribution in [3.05, 3.63) is 0 Å². The van der Waals surface area contributed by atoms with E-state index < -0.39 is 0 Å². The highest BCUT2D eigenvalue weighted by Gasteiger charge is 2.06. The van der Waals surface area contributed by atoms with E-state index in [-0.39, 0.29) is 0 Å². The molecular weight excluding hydrogens is 651 g/mol. The molecule has 0 aliphatic rings. The molecule has 0 fully saturated rings. The van der Waals surface area contributed by atoms with E-state index >= 15 is 0 Å². The molecule has 0 spiro atoms. The second-order valence-electron chi connectivity index (χ2n) is 18.4. The van der Waals surface area contributed by atoms with Gasteiger partial charge in [0.2, 0.25) is 0 Å². The predicted molar refractivity (Wildman–Crippen MR) is 250 cm³/mol. The van der Waals surface area contributed by atoms with E-state index in [1.54, 1.807) is 0 Å². The van der Waals surface area contributed by atoms with Crippen LogP contribution < -0.4 is 0 Å². The van der Waals surface area contributed by atoms with Crippen molar-refractivity contribution in [2.24, 2.45) is 0 Å². The van der Waals surface area contributed by atoms with Gasteiger partial charge in [0.15, 0.2) is 0 Å². The van der Waals surface area contributed by atoms with Crippen LogP contribution in [0.3, 0.4) is 0 Å². The van der Waals surface area contributed by atoms with Crippen molar-refractivity contribution in [1.82, 2.24) is 4.90 Å². The first-order chi connectivity index (χ1) is 26.8. The zero-order valence-electron chi connectivity index (χ0n) is 38.8. The van der Waals surface area contributed by atoms with Crippen molar-refractivity contribution in [1.29, 1.82) is 0 Å². The maximum atomic E-state index is 2.88. The fourth-order valence-electron chi connectivity index (χ4n) is 8.81. The minimum Gasteiger partial charge on any atom is -0.303 e. The highest BCUT2D eigenvalue weighted by atomic mass is 15.1. The molecule has 0 saturated carbocycles. The third-order valence-electron chi connectivity index (χ3n) is 12.7. The predicted octanol–water partition coefficient (Wildman–Crippen LogP) is 19.7. The molecule has 0 unspecified atom stereocenters. The van der Waals surface area contributed by atoms with Gasteiger partial charge in [0.05, 0.1) is 0 Å². The van der Waals surface area contributed by atoms with E-state index in [4.69, 9.17) is 0 Å². The van der Waals surface area contributed by atoms with Crippen LogP contribution in [0.4, 0.5) is 0 Å². The molecule has 0 amide bonds. The number of hydrogen-bond donors (Lipinski definition) is 0. The van der Waals surface area contributed by atoms with Crippen LogP contribution >= 0.6 is 0 Å². The van der Waals surface area contributed by atoms with Gasteiger partial charge < -0.3 is 4.90 Å². The molecule has 0 rings (SSSR count). The molecule has 1 heteroatoms. The largest absolute Gasteiger partial charge is 0.303 e. The zero-order valence-corrected chi connectivity index (χ0v) is 38.8. The summed E-state index contributed by atoms with van der Waals surface area (Å²) in [5.74, 6) is 0. The lowest BCUT2D eigenvalue weighted by Crippen LogP contribution is -2.27. The smallest absolute Gasteiger partial charge is 0.00187 e. The molecule has 326 valence electrons. The molecule has 0 atom stereocenters. The maximum Gasteiger partial charge on any atom is -0.00187 e. The Morgan fingerprint density at radius 1 is 0.148 bits per heavy atom. The summed E-state index contributed by atoms with van der Waals surface area (Å²) in [7, 11) is 0. The standard InChI is InChI=1S/C53H109N/c1-4-7-10-13-16-19-22-25-28-31-34-37-40-43-46-49-52-54(51-48-45-42-39-36-33-30-27-24-21-18-15-12-9-6-3)53-50-47-44-41-38-35-32-29-26-23-20-17-14-11-8-5-2/h4-53H2,1-3H3. The molecule has 0 saturated heterocycles. The van der Waals surface area contributed by atoms with Gasteiger partial charge >= 0.3 is 0 Å². The molecule has 0 aliphatic heterocycles. The zero-order chi connectivity index (χ0) is 38.9. The first kappa shape index (κ1) is 54.0. The van der Waals surface area contributed by atoms with Gasteiger partial charge in [0.1, 0.15) is 0 Å². The average Bonchev–Trinajstić information content (AvgIpc) is 3.18. The number of unbranched alkanes of at least 4 members (excludes halogenated alkanes) is 44. The molecule has 0 bridgehead atoms. The van der Waals surface area contributed by atoms with Crippen LogP contribution in [0.2, 0.25) is 0 Å². The molecular formula is C53H109N. The summed E-state index contributed by atoms with van der Waals surface area (Å²) in [4.78, 5) is 2.88. The second kappa shape index (κ2) is 51.0. The molecule has 0 radical (unpaired) electrons. The van der Waals surface area contributed by atoms with Crippen LogP contribution in [-0.2, 0) is 0 Å². The van der Waals surface area contributed by atoms with Crippen molar-refractivity contribution < 1.29 is 0 Å². The summed E-state index contributed by atoms with van der Waals surface area (Å²) in [6.07, 6.45) is 69.0. The van der Waals surface area contributed by atoms with Crippen LogP contribution in [-0.4, -0.2) is 24.5 Å². The second-order valence-corrected chi connectivity index (χ2v) is 18.4. The summed E-state index contributed by atoms with van der Waals surface area (Å²) in [6, 6.07) is 0. The van der Waals surface area contributed by atoms with Gasteiger partial charge in [0.25, 0.3) is 0 Å². The van der Waals surface area contributed by atoms with Crippen molar-refractivity contribution >= 4 is 0 Å². The van der Waals surface area contributed by atoms with Crippen LogP contribution in [0.5, 0.6) is 0 Å². The number of rotatable bonds is 50. The summed E-state index contributed by atoms with van der Waals surface area (Å²) in [5, 5.41) is 0. The first-order valence-electron chi connectivity index (χ1n) is 26.6. The molecule has 54 heavy (non-hydrogen) atoms. The Bertz CT molecular complexity index is 578. The Hall–Kier alpha value is -0.0400. The van der Waals surface area contributed by atoms with Crippen LogP contribution in [0.1, 0.15) is 323 Å². The molecule has 0 N–H and O–H groups in total.